The van der Waals surface area contributed by atoms with Crippen LogP contribution in [0.15, 0.2) is 0 Å². The first-order valence-corrected chi connectivity index (χ1v) is 27.5. The van der Waals surface area contributed by atoms with Crippen LogP contribution in [0.3, 0.4) is 0 Å². The molecule has 0 fully saturated rings. The summed E-state index contributed by atoms with van der Waals surface area (Å²) >= 11 is 0. The Bertz CT molecular complexity index is 1030. The summed E-state index contributed by atoms with van der Waals surface area (Å²) in [5, 5.41) is 0. The van der Waals surface area contributed by atoms with E-state index in [1.165, 1.54) is 116 Å². The fourth-order valence-electron chi connectivity index (χ4n) is 7.82. The van der Waals surface area contributed by atoms with Gasteiger partial charge in [0.25, 0.3) is 0 Å². The van der Waals surface area contributed by atoms with Gasteiger partial charge in [0.15, 0.2) is 0 Å². The first kappa shape index (κ1) is 64.0. The molecule has 0 aliphatic heterocycles. The predicted molar refractivity (Wildman–Crippen MR) is 269 cm³/mol. The molecule has 0 saturated heterocycles. The van der Waals surface area contributed by atoms with E-state index in [-0.39, 0.29) is 23.9 Å². The molecule has 0 aromatic heterocycles. The Morgan fingerprint density at radius 3 is 0.875 bits per heavy atom. The zero-order chi connectivity index (χ0) is 47.7. The summed E-state index contributed by atoms with van der Waals surface area (Å²) < 4.78 is 21.2. The lowest BCUT2D eigenvalue weighted by Gasteiger charge is -2.11. The van der Waals surface area contributed by atoms with Crippen LogP contribution >= 0.6 is 0 Å². The molecule has 0 rings (SSSR count). The van der Waals surface area contributed by atoms with Gasteiger partial charge in [0.1, 0.15) is 0 Å². The van der Waals surface area contributed by atoms with Gasteiger partial charge in [-0.3, -0.25) is 19.2 Å². The quantitative estimate of drug-likeness (QED) is 0.0338. The van der Waals surface area contributed by atoms with Crippen LogP contribution in [0.1, 0.15) is 287 Å². The summed E-state index contributed by atoms with van der Waals surface area (Å²) in [6.07, 6.45) is 39.8. The van der Waals surface area contributed by atoms with Gasteiger partial charge in [0.2, 0.25) is 0 Å². The van der Waals surface area contributed by atoms with Crippen LogP contribution < -0.4 is 0 Å². The third-order valence-electron chi connectivity index (χ3n) is 12.1. The molecule has 64 heavy (non-hydrogen) atoms. The number of unbranched alkanes of at least 4 members (excludes halogenated alkanes) is 22. The third kappa shape index (κ3) is 54.2. The lowest BCUT2D eigenvalue weighted by atomic mass is 9.99. The van der Waals surface area contributed by atoms with Crippen molar-refractivity contribution < 1.29 is 38.1 Å². The maximum atomic E-state index is 11.9. The summed E-state index contributed by atoms with van der Waals surface area (Å²) in [6, 6.07) is 0. The predicted octanol–water partition coefficient (Wildman–Crippen LogP) is 16.8. The first-order chi connectivity index (χ1) is 30.9. The number of hydrogen-bond acceptors (Lipinski definition) is 8. The van der Waals surface area contributed by atoms with Gasteiger partial charge in [-0.25, -0.2) is 0 Å². The summed E-state index contributed by atoms with van der Waals surface area (Å²) in [5.74, 6) is 2.12. The maximum Gasteiger partial charge on any atom is 0.306 e. The molecule has 0 radical (unpaired) electrons. The number of carbonyl (C=O) groups excluding carboxylic acids is 4. The van der Waals surface area contributed by atoms with Crippen LogP contribution in [0.4, 0.5) is 0 Å². The van der Waals surface area contributed by atoms with Crippen LogP contribution in [0, 0.1) is 23.7 Å². The zero-order valence-electron chi connectivity index (χ0n) is 43.9. The molecule has 0 bridgehead atoms. The van der Waals surface area contributed by atoms with Crippen molar-refractivity contribution in [1.82, 2.24) is 0 Å². The Hall–Kier alpha value is -2.12. The molecule has 0 aromatic carbocycles. The van der Waals surface area contributed by atoms with Crippen molar-refractivity contribution in [3.8, 4) is 0 Å². The Labute approximate surface area is 397 Å². The SMILES string of the molecule is CC(C)CCCOC(=O)CCCCCCCCCCCC(C)CC(=O)OCCCC(C)C.CCCCCCOC(=O)CCCCCCCCCCCC(C)CC(=O)OCCCCCC. The summed E-state index contributed by atoms with van der Waals surface area (Å²) in [6.45, 7) is 19.8. The number of esters is 4. The van der Waals surface area contributed by atoms with E-state index in [1.54, 1.807) is 0 Å². The summed E-state index contributed by atoms with van der Waals surface area (Å²) in [4.78, 5) is 47.0. The van der Waals surface area contributed by atoms with Crippen molar-refractivity contribution in [3.05, 3.63) is 0 Å². The molecule has 2 unspecified atom stereocenters. The minimum atomic E-state index is -0.0272. The fourth-order valence-corrected chi connectivity index (χ4v) is 7.82. The molecular weight excluding hydrogens is 801 g/mol. The largest absolute Gasteiger partial charge is 0.466 e. The molecule has 0 aliphatic carbocycles. The molecule has 8 heteroatoms. The van der Waals surface area contributed by atoms with Crippen molar-refractivity contribution in [1.29, 1.82) is 0 Å². The Morgan fingerprint density at radius 1 is 0.297 bits per heavy atom. The molecule has 380 valence electrons. The molecule has 0 N–H and O–H groups in total. The maximum absolute atomic E-state index is 11.9. The molecule has 2 atom stereocenters. The number of rotatable bonds is 46. The second kappa shape index (κ2) is 50.3. The Morgan fingerprint density at radius 2 is 0.562 bits per heavy atom. The topological polar surface area (TPSA) is 105 Å². The molecule has 0 saturated carbocycles. The van der Waals surface area contributed by atoms with Gasteiger partial charge in [-0.15, -0.1) is 0 Å². The van der Waals surface area contributed by atoms with E-state index in [0.29, 0.717) is 75.8 Å². The molecule has 0 heterocycles. The van der Waals surface area contributed by atoms with Gasteiger partial charge >= 0.3 is 23.9 Å². The standard InChI is InChI=1S/2C28H54O4/c1-24(2)17-15-21-31-27(29)20-14-12-10-8-6-7-9-11-13-19-26(5)23-28(30)32-22-16-18-25(3)4;1-4-6-8-19-23-31-27(29)22-18-16-14-12-10-11-13-15-17-21-26(3)25-28(30)32-24-20-9-7-5-2/h24-26H,6-23H2,1-5H3;26H,4-25H2,1-3H3. The minimum absolute atomic E-state index is 0.0176. The van der Waals surface area contributed by atoms with Gasteiger partial charge < -0.3 is 18.9 Å². The van der Waals surface area contributed by atoms with E-state index in [4.69, 9.17) is 18.9 Å². The lowest BCUT2D eigenvalue weighted by Crippen LogP contribution is -2.11. The van der Waals surface area contributed by atoms with Crippen molar-refractivity contribution in [2.24, 2.45) is 23.7 Å². The van der Waals surface area contributed by atoms with Crippen LogP contribution in [0.5, 0.6) is 0 Å². The van der Waals surface area contributed by atoms with E-state index in [2.05, 4.69) is 55.4 Å². The Balaban J connectivity index is 0. The molecule has 0 spiro atoms. The van der Waals surface area contributed by atoms with Crippen molar-refractivity contribution in [2.45, 2.75) is 287 Å². The van der Waals surface area contributed by atoms with E-state index in [1.807, 2.05) is 0 Å². The highest BCUT2D eigenvalue weighted by molar-refractivity contribution is 5.70. The van der Waals surface area contributed by atoms with Crippen molar-refractivity contribution in [3.63, 3.8) is 0 Å². The first-order valence-electron chi connectivity index (χ1n) is 27.5. The second-order valence-electron chi connectivity index (χ2n) is 20.1. The number of ether oxygens (including phenoxy) is 4. The minimum Gasteiger partial charge on any atom is -0.466 e. The van der Waals surface area contributed by atoms with E-state index in [0.717, 1.165) is 89.9 Å². The molecular formula is C56H108O8. The van der Waals surface area contributed by atoms with Gasteiger partial charge in [-0.2, -0.15) is 0 Å². The van der Waals surface area contributed by atoms with Crippen LogP contribution in [-0.2, 0) is 38.1 Å². The van der Waals surface area contributed by atoms with Gasteiger partial charge in [0, 0.05) is 25.7 Å². The average molecular weight is 909 g/mol. The smallest absolute Gasteiger partial charge is 0.306 e. The van der Waals surface area contributed by atoms with Crippen LogP contribution in [0.25, 0.3) is 0 Å². The molecule has 0 aliphatic rings. The van der Waals surface area contributed by atoms with Crippen LogP contribution in [-0.4, -0.2) is 50.3 Å². The lowest BCUT2D eigenvalue weighted by molar-refractivity contribution is -0.145. The normalized spacial score (nSPS) is 12.2. The highest BCUT2D eigenvalue weighted by Gasteiger charge is 2.12. The van der Waals surface area contributed by atoms with E-state index in [9.17, 15) is 19.2 Å². The monoisotopic (exact) mass is 909 g/mol. The van der Waals surface area contributed by atoms with Crippen molar-refractivity contribution >= 4 is 23.9 Å². The van der Waals surface area contributed by atoms with Crippen LogP contribution in [0.2, 0.25) is 0 Å². The highest BCUT2D eigenvalue weighted by Crippen LogP contribution is 2.19. The van der Waals surface area contributed by atoms with Gasteiger partial charge in [0.05, 0.1) is 26.4 Å². The fraction of sp³-hybridized carbons (Fsp3) is 0.929. The van der Waals surface area contributed by atoms with Crippen molar-refractivity contribution in [2.75, 3.05) is 26.4 Å². The number of carbonyl (C=O) groups is 4. The van der Waals surface area contributed by atoms with E-state index < -0.39 is 0 Å². The Kier molecular flexibility index (Phi) is 50.3. The molecule has 0 amide bonds. The average Bonchev–Trinajstić information content (AvgIpc) is 3.24. The summed E-state index contributed by atoms with van der Waals surface area (Å²) in [7, 11) is 0. The second-order valence-corrected chi connectivity index (χ2v) is 20.1. The van der Waals surface area contributed by atoms with E-state index >= 15 is 0 Å². The number of hydrogen-bond donors (Lipinski definition) is 0. The zero-order valence-corrected chi connectivity index (χ0v) is 43.9. The summed E-state index contributed by atoms with van der Waals surface area (Å²) in [5.41, 5.74) is 0. The molecule has 8 nitrogen and oxygen atoms in total. The molecule has 0 aromatic rings. The third-order valence-corrected chi connectivity index (χ3v) is 12.1. The van der Waals surface area contributed by atoms with Gasteiger partial charge in [-0.1, -0.05) is 209 Å². The highest BCUT2D eigenvalue weighted by atomic mass is 16.5. The van der Waals surface area contributed by atoms with Gasteiger partial charge in [-0.05, 0) is 75.0 Å².